The Bertz CT molecular complexity index is 376. The molecule has 0 spiro atoms. The predicted octanol–water partition coefficient (Wildman–Crippen LogP) is 2.61. The Labute approximate surface area is 89.0 Å². The number of Topliss-reactive ketones (excluding diaryl/α,β-unsaturated/α-hetero) is 1. The van der Waals surface area contributed by atoms with Gasteiger partial charge in [0.15, 0.2) is 5.78 Å². The number of carbonyl (C=O) groups is 1. The van der Waals surface area contributed by atoms with E-state index in [1.807, 2.05) is 6.07 Å². The van der Waals surface area contributed by atoms with Crippen molar-refractivity contribution >= 4 is 33.3 Å². The molecular weight excluding hydrogens is 255 g/mol. The molecule has 1 aromatic carbocycles. The van der Waals surface area contributed by atoms with E-state index in [-0.39, 0.29) is 12.4 Å². The van der Waals surface area contributed by atoms with Crippen molar-refractivity contribution in [1.82, 2.24) is 0 Å². The van der Waals surface area contributed by atoms with Gasteiger partial charge in [0, 0.05) is 16.5 Å². The van der Waals surface area contributed by atoms with E-state index in [0.29, 0.717) is 17.2 Å². The van der Waals surface area contributed by atoms with Gasteiger partial charge >= 0.3 is 0 Å². The number of hydrogen-bond acceptors (Lipinski definition) is 2. The van der Waals surface area contributed by atoms with Gasteiger partial charge in [-0.05, 0) is 12.1 Å². The summed E-state index contributed by atoms with van der Waals surface area (Å²) < 4.78 is 6.09. The highest BCUT2D eigenvalue weighted by atomic mass is 79.9. The quantitative estimate of drug-likeness (QED) is 0.717. The summed E-state index contributed by atoms with van der Waals surface area (Å²) in [4.78, 5) is 11.1. The predicted molar refractivity (Wildman–Crippen MR) is 53.4 cm³/mol. The van der Waals surface area contributed by atoms with Crippen LogP contribution in [0.2, 0.25) is 5.02 Å². The summed E-state index contributed by atoms with van der Waals surface area (Å²) in [7, 11) is 0. The number of benzene rings is 1. The summed E-state index contributed by atoms with van der Waals surface area (Å²) in [6.45, 7) is 0.133. The van der Waals surface area contributed by atoms with Crippen LogP contribution in [0, 0.1) is 0 Å². The van der Waals surface area contributed by atoms with Crippen LogP contribution in [0.15, 0.2) is 16.6 Å². The minimum Gasteiger partial charge on any atom is -0.484 e. The molecule has 0 atom stereocenters. The molecule has 2 rings (SSSR count). The topological polar surface area (TPSA) is 26.3 Å². The number of halogens is 2. The second-order valence-electron chi connectivity index (χ2n) is 2.88. The first-order chi connectivity index (χ1) is 6.16. The Morgan fingerprint density at radius 1 is 1.46 bits per heavy atom. The maximum absolute atomic E-state index is 11.1. The first kappa shape index (κ1) is 9.03. The third kappa shape index (κ3) is 1.71. The SMILES string of the molecule is O=C1COc2c(Cl)cc(Br)cc2C1. The molecule has 0 fully saturated rings. The van der Waals surface area contributed by atoms with Gasteiger partial charge in [-0.15, -0.1) is 0 Å². The number of ether oxygens (including phenoxy) is 1. The Balaban J connectivity index is 2.53. The first-order valence-corrected chi connectivity index (χ1v) is 4.96. The van der Waals surface area contributed by atoms with Crippen LogP contribution in [0.1, 0.15) is 5.56 Å². The Morgan fingerprint density at radius 3 is 3.00 bits per heavy atom. The number of fused-ring (bicyclic) bond motifs is 1. The summed E-state index contributed by atoms with van der Waals surface area (Å²) in [5.74, 6) is 0.728. The van der Waals surface area contributed by atoms with E-state index in [2.05, 4.69) is 15.9 Å². The van der Waals surface area contributed by atoms with E-state index in [1.54, 1.807) is 6.07 Å². The lowest BCUT2D eigenvalue weighted by Crippen LogP contribution is -2.20. The first-order valence-electron chi connectivity index (χ1n) is 3.79. The molecular formula is C9H6BrClO2. The summed E-state index contributed by atoms with van der Waals surface area (Å²) in [6, 6.07) is 3.62. The number of carbonyl (C=O) groups excluding carboxylic acids is 1. The molecule has 2 nitrogen and oxygen atoms in total. The zero-order chi connectivity index (χ0) is 9.42. The normalized spacial score (nSPS) is 15.1. The molecule has 0 bridgehead atoms. The van der Waals surface area contributed by atoms with E-state index in [4.69, 9.17) is 16.3 Å². The van der Waals surface area contributed by atoms with Crippen LogP contribution in [0.3, 0.4) is 0 Å². The molecule has 0 unspecified atom stereocenters. The Hall–Kier alpha value is -0.540. The molecule has 1 aliphatic rings. The average molecular weight is 262 g/mol. The summed E-state index contributed by atoms with van der Waals surface area (Å²) in [6.07, 6.45) is 0.411. The standard InChI is InChI=1S/C9H6BrClO2/c10-6-1-5-2-7(12)4-13-9(5)8(11)3-6/h1,3H,2,4H2. The monoisotopic (exact) mass is 260 g/mol. The third-order valence-corrected chi connectivity index (χ3v) is 2.59. The van der Waals surface area contributed by atoms with Crippen LogP contribution in [0.25, 0.3) is 0 Å². The minimum atomic E-state index is 0.0849. The lowest BCUT2D eigenvalue weighted by molar-refractivity contribution is -0.121. The third-order valence-electron chi connectivity index (χ3n) is 1.85. The van der Waals surface area contributed by atoms with Gasteiger partial charge in [0.25, 0.3) is 0 Å². The van der Waals surface area contributed by atoms with Crippen molar-refractivity contribution in [2.45, 2.75) is 6.42 Å². The number of hydrogen-bond donors (Lipinski definition) is 0. The van der Waals surface area contributed by atoms with Crippen molar-refractivity contribution in [3.05, 3.63) is 27.2 Å². The molecule has 4 heteroatoms. The second-order valence-corrected chi connectivity index (χ2v) is 4.20. The molecule has 1 aromatic rings. The molecule has 0 N–H and O–H groups in total. The number of ketones is 1. The van der Waals surface area contributed by atoms with Gasteiger partial charge in [-0.2, -0.15) is 0 Å². The fraction of sp³-hybridized carbons (Fsp3) is 0.222. The van der Waals surface area contributed by atoms with E-state index < -0.39 is 0 Å². The van der Waals surface area contributed by atoms with Gasteiger partial charge in [0.2, 0.25) is 0 Å². The lowest BCUT2D eigenvalue weighted by Gasteiger charge is -2.17. The second kappa shape index (κ2) is 3.31. The van der Waals surface area contributed by atoms with Gasteiger partial charge in [0.05, 0.1) is 5.02 Å². The van der Waals surface area contributed by atoms with Crippen molar-refractivity contribution in [2.24, 2.45) is 0 Å². The van der Waals surface area contributed by atoms with Crippen molar-refractivity contribution in [3.8, 4) is 5.75 Å². The molecule has 0 amide bonds. The van der Waals surface area contributed by atoms with Crippen LogP contribution in [0.5, 0.6) is 5.75 Å². The van der Waals surface area contributed by atoms with Crippen LogP contribution in [-0.2, 0) is 11.2 Å². The van der Waals surface area contributed by atoms with Crippen molar-refractivity contribution < 1.29 is 9.53 Å². The van der Waals surface area contributed by atoms with Crippen molar-refractivity contribution in [1.29, 1.82) is 0 Å². The van der Waals surface area contributed by atoms with Crippen LogP contribution in [0.4, 0.5) is 0 Å². The van der Waals surface area contributed by atoms with Crippen LogP contribution in [-0.4, -0.2) is 12.4 Å². The zero-order valence-electron chi connectivity index (χ0n) is 6.64. The summed E-state index contributed by atoms with van der Waals surface area (Å²) in [5, 5.41) is 0.553. The fourth-order valence-electron chi connectivity index (χ4n) is 1.32. The highest BCUT2D eigenvalue weighted by Crippen LogP contribution is 2.34. The molecule has 0 radical (unpaired) electrons. The van der Waals surface area contributed by atoms with Crippen LogP contribution >= 0.6 is 27.5 Å². The zero-order valence-corrected chi connectivity index (χ0v) is 8.98. The summed E-state index contributed by atoms with van der Waals surface area (Å²) >= 11 is 9.24. The fourth-order valence-corrected chi connectivity index (χ4v) is 2.25. The maximum Gasteiger partial charge on any atom is 0.174 e. The van der Waals surface area contributed by atoms with Gasteiger partial charge in [-0.1, -0.05) is 27.5 Å². The Morgan fingerprint density at radius 2 is 2.23 bits per heavy atom. The molecule has 13 heavy (non-hydrogen) atoms. The van der Waals surface area contributed by atoms with E-state index >= 15 is 0 Å². The molecule has 0 saturated carbocycles. The molecule has 1 aliphatic heterocycles. The highest BCUT2D eigenvalue weighted by molar-refractivity contribution is 9.10. The van der Waals surface area contributed by atoms with E-state index in [0.717, 1.165) is 10.0 Å². The van der Waals surface area contributed by atoms with Gasteiger partial charge in [-0.3, -0.25) is 4.79 Å². The molecule has 1 heterocycles. The highest BCUT2D eigenvalue weighted by Gasteiger charge is 2.19. The average Bonchev–Trinajstić information content (AvgIpc) is 2.02. The molecule has 0 aliphatic carbocycles. The minimum absolute atomic E-state index is 0.0849. The van der Waals surface area contributed by atoms with Gasteiger partial charge in [-0.25, -0.2) is 0 Å². The van der Waals surface area contributed by atoms with E-state index in [1.165, 1.54) is 0 Å². The van der Waals surface area contributed by atoms with E-state index in [9.17, 15) is 4.79 Å². The van der Waals surface area contributed by atoms with Crippen molar-refractivity contribution in [2.75, 3.05) is 6.61 Å². The van der Waals surface area contributed by atoms with Crippen LogP contribution < -0.4 is 4.74 Å². The maximum atomic E-state index is 11.1. The van der Waals surface area contributed by atoms with Gasteiger partial charge < -0.3 is 4.74 Å². The number of rotatable bonds is 0. The smallest absolute Gasteiger partial charge is 0.174 e. The Kier molecular flexibility index (Phi) is 2.30. The molecule has 0 aromatic heterocycles. The largest absolute Gasteiger partial charge is 0.484 e. The van der Waals surface area contributed by atoms with Gasteiger partial charge in [0.1, 0.15) is 12.4 Å². The molecule has 0 saturated heterocycles. The molecule has 68 valence electrons. The lowest BCUT2D eigenvalue weighted by atomic mass is 10.1. The summed E-state index contributed by atoms with van der Waals surface area (Å²) in [5.41, 5.74) is 0.857. The van der Waals surface area contributed by atoms with Crippen molar-refractivity contribution in [3.63, 3.8) is 0 Å².